The zero-order valence-corrected chi connectivity index (χ0v) is 10.6. The van der Waals surface area contributed by atoms with Gasteiger partial charge in [0.05, 0.1) is 5.69 Å². The number of nitrogens with zero attached hydrogens (tertiary/aromatic N) is 1. The summed E-state index contributed by atoms with van der Waals surface area (Å²) in [6.07, 6.45) is 0. The van der Waals surface area contributed by atoms with E-state index in [0.717, 1.165) is 5.69 Å². The molecule has 15 heavy (non-hydrogen) atoms. The van der Waals surface area contributed by atoms with Crippen molar-refractivity contribution in [1.29, 1.82) is 0 Å². The van der Waals surface area contributed by atoms with Gasteiger partial charge in [0.25, 0.3) is 0 Å². The molecular formula is C11H17NO2S. The zero-order valence-electron chi connectivity index (χ0n) is 9.79. The number of hydrogen-bond donors (Lipinski definition) is 1. The first-order valence-electron chi connectivity index (χ1n) is 4.85. The van der Waals surface area contributed by atoms with Crippen LogP contribution in [0.4, 0.5) is 0 Å². The van der Waals surface area contributed by atoms with Crippen LogP contribution in [-0.4, -0.2) is 16.1 Å². The second kappa shape index (κ2) is 3.59. The van der Waals surface area contributed by atoms with Gasteiger partial charge in [-0.25, -0.2) is 4.98 Å². The van der Waals surface area contributed by atoms with E-state index in [1.165, 1.54) is 11.3 Å². The Kier molecular flexibility index (Phi) is 2.92. The largest absolute Gasteiger partial charge is 0.481 e. The number of rotatable bonds is 2. The molecule has 0 aliphatic heterocycles. The molecule has 0 amide bonds. The molecule has 0 saturated heterocycles. The van der Waals surface area contributed by atoms with Crippen molar-refractivity contribution >= 4 is 17.3 Å². The van der Waals surface area contributed by atoms with E-state index in [1.807, 2.05) is 5.38 Å². The summed E-state index contributed by atoms with van der Waals surface area (Å²) in [6.45, 7) is 9.57. The van der Waals surface area contributed by atoms with Crippen LogP contribution in [0.1, 0.15) is 45.3 Å². The molecule has 1 heterocycles. The SMILES string of the molecule is CC(C)(C)c1csc(C(C)(C)C(=O)O)n1. The summed E-state index contributed by atoms with van der Waals surface area (Å²) in [5.41, 5.74) is 0.0362. The maximum Gasteiger partial charge on any atom is 0.316 e. The van der Waals surface area contributed by atoms with Gasteiger partial charge in [-0.3, -0.25) is 4.79 Å². The van der Waals surface area contributed by atoms with Crippen molar-refractivity contribution in [2.45, 2.75) is 45.4 Å². The fourth-order valence-corrected chi connectivity index (χ4v) is 2.16. The predicted molar refractivity (Wildman–Crippen MR) is 61.5 cm³/mol. The summed E-state index contributed by atoms with van der Waals surface area (Å²) in [5.74, 6) is -0.836. The number of carbonyl (C=O) groups is 1. The molecule has 0 saturated carbocycles. The van der Waals surface area contributed by atoms with Crippen LogP contribution in [0.5, 0.6) is 0 Å². The van der Waals surface area contributed by atoms with Crippen molar-refractivity contribution in [2.24, 2.45) is 0 Å². The molecule has 0 unspecified atom stereocenters. The topological polar surface area (TPSA) is 50.2 Å². The molecule has 0 aliphatic rings. The molecule has 84 valence electrons. The highest BCUT2D eigenvalue weighted by Crippen LogP contribution is 2.31. The van der Waals surface area contributed by atoms with Gasteiger partial charge < -0.3 is 5.11 Å². The van der Waals surface area contributed by atoms with Gasteiger partial charge in [-0.2, -0.15) is 0 Å². The molecule has 3 nitrogen and oxygen atoms in total. The van der Waals surface area contributed by atoms with Crippen LogP contribution >= 0.6 is 11.3 Å². The Morgan fingerprint density at radius 3 is 2.20 bits per heavy atom. The monoisotopic (exact) mass is 227 g/mol. The molecule has 0 spiro atoms. The molecule has 0 bridgehead atoms. The van der Waals surface area contributed by atoms with Crippen molar-refractivity contribution in [2.75, 3.05) is 0 Å². The standard InChI is InChI=1S/C11H17NO2S/c1-10(2,3)7-6-15-8(12-7)11(4,5)9(13)14/h6H,1-5H3,(H,13,14). The summed E-state index contributed by atoms with van der Waals surface area (Å²) in [5, 5.41) is 11.7. The molecule has 0 atom stereocenters. The minimum Gasteiger partial charge on any atom is -0.481 e. The van der Waals surface area contributed by atoms with Gasteiger partial charge in [-0.1, -0.05) is 20.8 Å². The average molecular weight is 227 g/mol. The number of carboxylic acids is 1. The van der Waals surface area contributed by atoms with Crippen LogP contribution in [0.15, 0.2) is 5.38 Å². The number of hydrogen-bond acceptors (Lipinski definition) is 3. The first kappa shape index (κ1) is 12.2. The number of thiazole rings is 1. The van der Waals surface area contributed by atoms with E-state index in [-0.39, 0.29) is 5.41 Å². The van der Waals surface area contributed by atoms with E-state index in [1.54, 1.807) is 13.8 Å². The molecule has 0 aromatic carbocycles. The average Bonchev–Trinajstić information content (AvgIpc) is 2.50. The van der Waals surface area contributed by atoms with E-state index in [0.29, 0.717) is 5.01 Å². The van der Waals surface area contributed by atoms with Crippen LogP contribution < -0.4 is 0 Å². The van der Waals surface area contributed by atoms with Crippen molar-refractivity contribution < 1.29 is 9.90 Å². The van der Waals surface area contributed by atoms with Crippen LogP contribution in [-0.2, 0) is 15.6 Å². The number of aliphatic carboxylic acids is 1. The Bertz CT molecular complexity index is 374. The van der Waals surface area contributed by atoms with Gasteiger partial charge >= 0.3 is 5.97 Å². The highest BCUT2D eigenvalue weighted by molar-refractivity contribution is 7.10. The summed E-state index contributed by atoms with van der Waals surface area (Å²) >= 11 is 1.42. The first-order valence-corrected chi connectivity index (χ1v) is 5.73. The third-order valence-corrected chi connectivity index (χ3v) is 3.51. The molecule has 0 aliphatic carbocycles. The predicted octanol–water partition coefficient (Wildman–Crippen LogP) is 2.80. The maximum atomic E-state index is 11.0. The number of carboxylic acid groups (broad SMARTS) is 1. The third-order valence-electron chi connectivity index (χ3n) is 2.34. The summed E-state index contributed by atoms with van der Waals surface area (Å²) in [6, 6.07) is 0. The summed E-state index contributed by atoms with van der Waals surface area (Å²) < 4.78 is 0. The van der Waals surface area contributed by atoms with Crippen LogP contribution in [0.3, 0.4) is 0 Å². The molecule has 1 aromatic rings. The Hall–Kier alpha value is -0.900. The van der Waals surface area contributed by atoms with E-state index in [4.69, 9.17) is 5.11 Å². The Balaban J connectivity index is 3.10. The van der Waals surface area contributed by atoms with Crippen molar-refractivity contribution in [3.63, 3.8) is 0 Å². The lowest BCUT2D eigenvalue weighted by Gasteiger charge is -2.17. The van der Waals surface area contributed by atoms with Gasteiger partial charge in [0.15, 0.2) is 0 Å². The molecule has 0 radical (unpaired) electrons. The lowest BCUT2D eigenvalue weighted by Crippen LogP contribution is -2.28. The van der Waals surface area contributed by atoms with Crippen molar-refractivity contribution in [3.05, 3.63) is 16.1 Å². The van der Waals surface area contributed by atoms with Crippen molar-refractivity contribution in [3.8, 4) is 0 Å². The minimum atomic E-state index is -0.895. The van der Waals surface area contributed by atoms with E-state index in [2.05, 4.69) is 25.8 Å². The smallest absolute Gasteiger partial charge is 0.316 e. The minimum absolute atomic E-state index is 0.0245. The fourth-order valence-electron chi connectivity index (χ4n) is 0.997. The molecule has 4 heteroatoms. The first-order chi connectivity index (χ1) is 6.65. The highest BCUT2D eigenvalue weighted by atomic mass is 32.1. The van der Waals surface area contributed by atoms with Crippen LogP contribution in [0, 0.1) is 0 Å². The van der Waals surface area contributed by atoms with E-state index in [9.17, 15) is 4.79 Å². The Morgan fingerprint density at radius 2 is 1.87 bits per heavy atom. The highest BCUT2D eigenvalue weighted by Gasteiger charge is 2.33. The van der Waals surface area contributed by atoms with E-state index < -0.39 is 11.4 Å². The number of aromatic nitrogens is 1. The van der Waals surface area contributed by atoms with Gasteiger partial charge in [0.1, 0.15) is 10.4 Å². The summed E-state index contributed by atoms with van der Waals surface area (Å²) in [7, 11) is 0. The van der Waals surface area contributed by atoms with Crippen molar-refractivity contribution in [1.82, 2.24) is 4.98 Å². The lowest BCUT2D eigenvalue weighted by atomic mass is 9.92. The normalized spacial score (nSPS) is 12.9. The van der Waals surface area contributed by atoms with Gasteiger partial charge in [0, 0.05) is 10.8 Å². The quantitative estimate of drug-likeness (QED) is 0.845. The molecule has 0 fully saturated rings. The zero-order chi connectivity index (χ0) is 11.9. The molecular weight excluding hydrogens is 210 g/mol. The van der Waals surface area contributed by atoms with E-state index >= 15 is 0 Å². The second-order valence-electron chi connectivity index (χ2n) is 5.22. The van der Waals surface area contributed by atoms with Gasteiger partial charge in [0.2, 0.25) is 0 Å². The Morgan fingerprint density at radius 1 is 1.33 bits per heavy atom. The molecule has 1 aromatic heterocycles. The lowest BCUT2D eigenvalue weighted by molar-refractivity contribution is -0.142. The van der Waals surface area contributed by atoms with Crippen LogP contribution in [0.2, 0.25) is 0 Å². The molecule has 1 N–H and O–H groups in total. The third kappa shape index (κ3) is 2.37. The fraction of sp³-hybridized carbons (Fsp3) is 0.636. The maximum absolute atomic E-state index is 11.0. The summed E-state index contributed by atoms with van der Waals surface area (Å²) in [4.78, 5) is 15.5. The molecule has 1 rings (SSSR count). The Labute approximate surface area is 94.2 Å². The van der Waals surface area contributed by atoms with Crippen LogP contribution in [0.25, 0.3) is 0 Å². The van der Waals surface area contributed by atoms with Gasteiger partial charge in [-0.15, -0.1) is 11.3 Å². The van der Waals surface area contributed by atoms with Gasteiger partial charge in [-0.05, 0) is 13.8 Å². The second-order valence-corrected chi connectivity index (χ2v) is 6.08.